The maximum absolute atomic E-state index is 11.8. The Morgan fingerprint density at radius 3 is 2.76 bits per heavy atom. The lowest BCUT2D eigenvalue weighted by Gasteiger charge is -2.16. The van der Waals surface area contributed by atoms with Crippen LogP contribution in [0.5, 0.6) is 0 Å². The summed E-state index contributed by atoms with van der Waals surface area (Å²) in [5.74, 6) is -0.778. The molecule has 2 rings (SSSR count). The molecule has 17 heavy (non-hydrogen) atoms. The normalized spacial score (nSPS) is 40.1. The maximum Gasteiger partial charge on any atom is 0.309 e. The second kappa shape index (κ2) is 3.78. The number of nitrogens with one attached hydrogen (secondary N) is 1. The second-order valence-corrected chi connectivity index (χ2v) is 4.94. The molecule has 0 aromatic rings. The molecule has 1 saturated carbocycles. The van der Waals surface area contributed by atoms with Gasteiger partial charge in [0.2, 0.25) is 5.78 Å². The monoisotopic (exact) mass is 241 g/mol. The first-order valence-electron chi connectivity index (χ1n) is 5.84. The Kier molecular flexibility index (Phi) is 2.67. The summed E-state index contributed by atoms with van der Waals surface area (Å²) in [4.78, 5) is 35.2. The van der Waals surface area contributed by atoms with E-state index in [9.17, 15) is 14.5 Å². The van der Waals surface area contributed by atoms with E-state index in [2.05, 4.69) is 5.43 Å². The molecule has 4 atom stereocenters. The zero-order chi connectivity index (χ0) is 12.8. The minimum atomic E-state index is -0.918. The van der Waals surface area contributed by atoms with Gasteiger partial charge in [0, 0.05) is 5.92 Å². The van der Waals surface area contributed by atoms with Crippen molar-refractivity contribution >= 4 is 11.8 Å². The number of Topliss-reactive ketones (excluding diaryl/α,β-unsaturated/α-hetero) is 1. The van der Waals surface area contributed by atoms with Crippen LogP contribution in [0.4, 0.5) is 0 Å². The van der Waals surface area contributed by atoms with Gasteiger partial charge in [-0.2, -0.15) is 0 Å². The van der Waals surface area contributed by atoms with Crippen LogP contribution < -0.4 is 5.43 Å². The third-order valence-corrected chi connectivity index (χ3v) is 3.83. The average molecular weight is 241 g/mol. The zero-order valence-corrected chi connectivity index (χ0v) is 10.2. The summed E-state index contributed by atoms with van der Waals surface area (Å²) in [5.41, 5.74) is 1.70. The molecule has 4 unspecified atom stereocenters. The molecule has 6 nitrogen and oxygen atoms in total. The van der Waals surface area contributed by atoms with Crippen LogP contribution in [0.2, 0.25) is 0 Å². The molecule has 0 bridgehead atoms. The third-order valence-electron chi connectivity index (χ3n) is 3.83. The van der Waals surface area contributed by atoms with Crippen molar-refractivity contribution in [2.24, 2.45) is 17.8 Å². The Morgan fingerprint density at radius 1 is 1.65 bits per heavy atom. The van der Waals surface area contributed by atoms with Gasteiger partial charge in [0.1, 0.15) is 4.87 Å². The molecule has 1 heterocycles. The first kappa shape index (κ1) is 12.0. The largest absolute Gasteiger partial charge is 0.466 e. The Bertz CT molecular complexity index is 395. The smallest absolute Gasteiger partial charge is 0.309 e. The van der Waals surface area contributed by atoms with E-state index in [1.54, 1.807) is 13.8 Å². The highest BCUT2D eigenvalue weighted by Crippen LogP contribution is 2.54. The number of esters is 1. The van der Waals surface area contributed by atoms with Gasteiger partial charge >= 0.3 is 5.97 Å². The predicted octanol–water partition coefficient (Wildman–Crippen LogP) is 0.0565. The van der Waals surface area contributed by atoms with E-state index in [-0.39, 0.29) is 36.1 Å². The van der Waals surface area contributed by atoms with Crippen molar-refractivity contribution in [1.82, 2.24) is 5.43 Å². The van der Waals surface area contributed by atoms with E-state index < -0.39 is 5.54 Å². The molecular weight excluding hydrogens is 224 g/mol. The number of ketones is 1. The molecule has 1 aliphatic carbocycles. The summed E-state index contributed by atoms with van der Waals surface area (Å²) < 4.78 is 4.96. The molecule has 2 aliphatic rings. The summed E-state index contributed by atoms with van der Waals surface area (Å²) in [7, 11) is 0. The molecule has 0 aromatic heterocycles. The van der Waals surface area contributed by atoms with Crippen LogP contribution >= 0.6 is 0 Å². The number of hydrogen-bond donors (Lipinski definition) is 1. The molecule has 0 spiro atoms. The van der Waals surface area contributed by atoms with Crippen molar-refractivity contribution in [3.8, 4) is 0 Å². The van der Waals surface area contributed by atoms with Gasteiger partial charge in [-0.15, -0.1) is 5.43 Å². The fourth-order valence-corrected chi connectivity index (χ4v) is 2.86. The van der Waals surface area contributed by atoms with Gasteiger partial charge in [-0.25, -0.2) is 0 Å². The van der Waals surface area contributed by atoms with Gasteiger partial charge < -0.3 is 4.74 Å². The van der Waals surface area contributed by atoms with E-state index in [4.69, 9.17) is 4.74 Å². The summed E-state index contributed by atoms with van der Waals surface area (Å²) in [6.45, 7) is 5.52. The number of rotatable bonds is 3. The predicted molar refractivity (Wildman–Crippen MR) is 57.8 cm³/mol. The van der Waals surface area contributed by atoms with Crippen LogP contribution in [0.25, 0.3) is 0 Å². The fraction of sp³-hybridized carbons (Fsp3) is 0.818. The zero-order valence-electron chi connectivity index (χ0n) is 10.2. The van der Waals surface area contributed by atoms with Gasteiger partial charge in [0.15, 0.2) is 5.54 Å². The first-order valence-corrected chi connectivity index (χ1v) is 5.84. The fourth-order valence-electron chi connectivity index (χ4n) is 2.86. The third kappa shape index (κ3) is 1.71. The molecule has 94 valence electrons. The Labute approximate surface area is 99.2 Å². The number of ether oxygens (including phenoxy) is 1. The molecule has 0 radical (unpaired) electrons. The van der Waals surface area contributed by atoms with Gasteiger partial charge in [-0.05, 0) is 19.8 Å². The lowest BCUT2D eigenvalue weighted by molar-refractivity contribution is -0.590. The second-order valence-electron chi connectivity index (χ2n) is 4.94. The summed E-state index contributed by atoms with van der Waals surface area (Å²) in [5, 5.41) is 0. The molecular formula is C11H17N2O4+. The lowest BCUT2D eigenvalue weighted by Crippen LogP contribution is -2.47. The summed E-state index contributed by atoms with van der Waals surface area (Å²) in [6.07, 6.45) is 0. The minimum absolute atomic E-state index is 0.0713. The maximum atomic E-state index is 11.8. The molecule has 6 heteroatoms. The molecule has 1 aliphatic heterocycles. The van der Waals surface area contributed by atoms with E-state index in [1.165, 1.54) is 0 Å². The molecule has 0 aromatic carbocycles. The molecule has 1 saturated heterocycles. The van der Waals surface area contributed by atoms with Crippen molar-refractivity contribution in [1.29, 1.82) is 0 Å². The number of hydrogen-bond acceptors (Lipinski definition) is 4. The summed E-state index contributed by atoms with van der Waals surface area (Å²) >= 11 is 0. The van der Waals surface area contributed by atoms with E-state index in [1.807, 2.05) is 6.92 Å². The van der Waals surface area contributed by atoms with Crippen molar-refractivity contribution in [2.75, 3.05) is 13.2 Å². The van der Waals surface area contributed by atoms with Crippen LogP contribution in [-0.4, -0.2) is 35.3 Å². The van der Waals surface area contributed by atoms with Crippen LogP contribution in [-0.2, 0) is 14.3 Å². The first-order chi connectivity index (χ1) is 7.91. The molecule has 1 N–H and O–H groups in total. The lowest BCUT2D eigenvalue weighted by atomic mass is 9.90. The highest BCUT2D eigenvalue weighted by atomic mass is 16.5. The quantitative estimate of drug-likeness (QED) is 0.558. The highest BCUT2D eigenvalue weighted by molar-refractivity contribution is 5.92. The van der Waals surface area contributed by atoms with Gasteiger partial charge in [0.25, 0.3) is 6.54 Å². The topological polar surface area (TPSA) is 75.5 Å². The Morgan fingerprint density at radius 2 is 2.29 bits per heavy atom. The Balaban J connectivity index is 2.12. The van der Waals surface area contributed by atoms with Crippen LogP contribution in [0.1, 0.15) is 20.8 Å². The average Bonchev–Trinajstić information content (AvgIpc) is 2.82. The highest BCUT2D eigenvalue weighted by Gasteiger charge is 2.68. The van der Waals surface area contributed by atoms with Crippen molar-refractivity contribution in [3.63, 3.8) is 0 Å². The SMILES string of the molecule is CCOC(=O)C1C(C)C1C1(C)N[N+](=O)CC1=O. The minimum Gasteiger partial charge on any atom is -0.466 e. The standard InChI is InChI=1S/C11H17N2O4/c1-4-17-10(15)8-6(2)9(8)11(3)7(14)5-13(16)12-11/h6,8-9H,4-5H2,1-3H3,(H,12,16)/q+1. The number of carbonyl (C=O) groups is 2. The van der Waals surface area contributed by atoms with Crippen molar-refractivity contribution in [3.05, 3.63) is 4.91 Å². The Hall–Kier alpha value is -1.46. The number of hydrazine groups is 1. The van der Waals surface area contributed by atoms with Crippen molar-refractivity contribution < 1.29 is 19.2 Å². The van der Waals surface area contributed by atoms with Crippen molar-refractivity contribution in [2.45, 2.75) is 26.3 Å². The molecule has 2 fully saturated rings. The van der Waals surface area contributed by atoms with Gasteiger partial charge in [-0.1, -0.05) is 6.92 Å². The molecule has 0 amide bonds. The number of nitrogens with zero attached hydrogens (tertiary/aromatic N) is 1. The van der Waals surface area contributed by atoms with E-state index >= 15 is 0 Å². The van der Waals surface area contributed by atoms with Crippen LogP contribution in [0.15, 0.2) is 0 Å². The van der Waals surface area contributed by atoms with Gasteiger partial charge in [0.05, 0.1) is 17.4 Å². The van der Waals surface area contributed by atoms with Gasteiger partial charge in [-0.3, -0.25) is 9.59 Å². The summed E-state index contributed by atoms with van der Waals surface area (Å²) in [6, 6.07) is 0. The van der Waals surface area contributed by atoms with Crippen LogP contribution in [0.3, 0.4) is 0 Å². The van der Waals surface area contributed by atoms with E-state index in [0.717, 1.165) is 0 Å². The van der Waals surface area contributed by atoms with E-state index in [0.29, 0.717) is 11.5 Å². The number of carbonyl (C=O) groups excluding carboxylic acids is 2. The number of nitroso groups, excluding NO2 is 1. The van der Waals surface area contributed by atoms with Crippen LogP contribution in [0, 0.1) is 22.7 Å².